The Morgan fingerprint density at radius 2 is 1.81 bits per heavy atom. The monoisotopic (exact) mass is 572 g/mol. The lowest BCUT2D eigenvalue weighted by atomic mass is 10.1. The summed E-state index contributed by atoms with van der Waals surface area (Å²) in [6, 6.07) is 18.8. The second-order valence-electron chi connectivity index (χ2n) is 7.15. The second kappa shape index (κ2) is 10.8. The van der Waals surface area contributed by atoms with Crippen LogP contribution < -0.4 is 10.1 Å². The van der Waals surface area contributed by atoms with Gasteiger partial charge in [0.15, 0.2) is 5.75 Å². The van der Waals surface area contributed by atoms with Gasteiger partial charge >= 0.3 is 0 Å². The fraction of sp³-hybridized carbons (Fsp3) is 0.120. The average molecular weight is 575 g/mol. The molecule has 32 heavy (non-hydrogen) atoms. The third-order valence-electron chi connectivity index (χ3n) is 4.76. The van der Waals surface area contributed by atoms with Crippen LogP contribution >= 0.6 is 43.5 Å². The number of halogens is 3. The van der Waals surface area contributed by atoms with E-state index in [1.165, 1.54) is 6.08 Å². The standard InChI is InChI=1S/C25H19Br2ClN2O2/c1-15-3-8-21(9-16(15)2)30-25(31)19(13-29)10-18-11-22(27)24(23(28)12-18)32-14-17-4-6-20(26)7-5-17/h3-12H,14H2,1-2H3,(H,30,31)/b19-10+. The Kier molecular flexibility index (Phi) is 8.14. The van der Waals surface area contributed by atoms with E-state index in [0.717, 1.165) is 21.2 Å². The molecular weight excluding hydrogens is 556 g/mol. The number of benzene rings is 3. The minimum Gasteiger partial charge on any atom is -0.486 e. The number of nitriles is 1. The molecule has 0 bridgehead atoms. The van der Waals surface area contributed by atoms with E-state index < -0.39 is 5.91 Å². The molecular formula is C25H19Br2ClN2O2. The van der Waals surface area contributed by atoms with Crippen molar-refractivity contribution in [1.82, 2.24) is 0 Å². The van der Waals surface area contributed by atoms with E-state index in [1.807, 2.05) is 56.3 Å². The van der Waals surface area contributed by atoms with E-state index in [1.54, 1.807) is 18.2 Å². The van der Waals surface area contributed by atoms with Gasteiger partial charge in [0.1, 0.15) is 18.2 Å². The zero-order valence-electron chi connectivity index (χ0n) is 17.4. The minimum absolute atomic E-state index is 0.0327. The molecule has 0 saturated heterocycles. The molecule has 0 heterocycles. The van der Waals surface area contributed by atoms with Crippen LogP contribution in [0.4, 0.5) is 5.69 Å². The smallest absolute Gasteiger partial charge is 0.266 e. The Bertz CT molecular complexity index is 1210. The first-order chi connectivity index (χ1) is 15.3. The third-order valence-corrected chi connectivity index (χ3v) is 6.16. The summed E-state index contributed by atoms with van der Waals surface area (Å²) in [5, 5.41) is 12.6. The number of hydrogen-bond acceptors (Lipinski definition) is 3. The number of hydrogen-bond donors (Lipinski definition) is 1. The molecule has 0 aliphatic heterocycles. The predicted molar refractivity (Wildman–Crippen MR) is 136 cm³/mol. The second-order valence-corrected chi connectivity index (χ2v) is 9.33. The van der Waals surface area contributed by atoms with Crippen molar-refractivity contribution in [2.24, 2.45) is 0 Å². The van der Waals surface area contributed by atoms with Crippen molar-refractivity contribution in [2.75, 3.05) is 5.32 Å². The van der Waals surface area contributed by atoms with Crippen LogP contribution in [-0.4, -0.2) is 5.91 Å². The van der Waals surface area contributed by atoms with E-state index in [9.17, 15) is 10.1 Å². The Labute approximate surface area is 209 Å². The third kappa shape index (κ3) is 6.23. The van der Waals surface area contributed by atoms with E-state index in [2.05, 4.69) is 37.2 Å². The highest BCUT2D eigenvalue weighted by Gasteiger charge is 2.13. The summed E-state index contributed by atoms with van der Waals surface area (Å²) in [6.45, 7) is 4.31. The van der Waals surface area contributed by atoms with E-state index in [4.69, 9.17) is 16.3 Å². The number of carbonyl (C=O) groups excluding carboxylic acids is 1. The minimum atomic E-state index is -0.487. The fourth-order valence-electron chi connectivity index (χ4n) is 2.87. The van der Waals surface area contributed by atoms with Crippen LogP contribution in [0.25, 0.3) is 6.08 Å². The van der Waals surface area contributed by atoms with Crippen LogP contribution in [0.5, 0.6) is 5.75 Å². The van der Waals surface area contributed by atoms with Crippen LogP contribution in [0.3, 0.4) is 0 Å². The summed E-state index contributed by atoms with van der Waals surface area (Å²) < 4.78 is 7.49. The Morgan fingerprint density at radius 3 is 2.44 bits per heavy atom. The molecule has 0 atom stereocenters. The van der Waals surface area contributed by atoms with Crippen molar-refractivity contribution >= 4 is 61.1 Å². The molecule has 0 fully saturated rings. The first kappa shape index (κ1) is 24.1. The molecule has 3 aromatic rings. The Morgan fingerprint density at radius 1 is 1.09 bits per heavy atom. The van der Waals surface area contributed by atoms with Gasteiger partial charge in [-0.2, -0.15) is 5.26 Å². The van der Waals surface area contributed by atoms with Gasteiger partial charge in [0.25, 0.3) is 5.91 Å². The summed E-state index contributed by atoms with van der Waals surface area (Å²) >= 11 is 13.3. The van der Waals surface area contributed by atoms with E-state index in [-0.39, 0.29) is 5.57 Å². The lowest BCUT2D eigenvalue weighted by Gasteiger charge is -2.12. The molecule has 0 saturated carbocycles. The van der Waals surface area contributed by atoms with Crippen LogP contribution in [0, 0.1) is 25.2 Å². The van der Waals surface area contributed by atoms with Gasteiger partial charge in [0, 0.05) is 10.2 Å². The zero-order valence-corrected chi connectivity index (χ0v) is 21.3. The Balaban J connectivity index is 1.77. The SMILES string of the molecule is Cc1ccc(NC(=O)/C(C#N)=C/c2cc(Cl)c(OCc3ccc(Br)cc3)c(Br)c2)cc1C. The zero-order chi connectivity index (χ0) is 23.3. The van der Waals surface area contributed by atoms with Crippen molar-refractivity contribution in [2.45, 2.75) is 20.5 Å². The fourth-order valence-corrected chi connectivity index (χ4v) is 4.12. The number of rotatable bonds is 6. The average Bonchev–Trinajstić information content (AvgIpc) is 2.75. The number of anilines is 1. The van der Waals surface area contributed by atoms with Crippen molar-refractivity contribution in [3.8, 4) is 11.8 Å². The van der Waals surface area contributed by atoms with Gasteiger partial charge in [0.05, 0.1) is 9.50 Å². The maximum Gasteiger partial charge on any atom is 0.266 e. The van der Waals surface area contributed by atoms with Gasteiger partial charge in [-0.05, 0) is 94.5 Å². The van der Waals surface area contributed by atoms with Gasteiger partial charge in [-0.15, -0.1) is 0 Å². The largest absolute Gasteiger partial charge is 0.486 e. The van der Waals surface area contributed by atoms with Gasteiger partial charge in [-0.3, -0.25) is 4.79 Å². The molecule has 3 aromatic carbocycles. The van der Waals surface area contributed by atoms with Gasteiger partial charge in [0.2, 0.25) is 0 Å². The number of nitrogens with zero attached hydrogens (tertiary/aromatic N) is 1. The number of carbonyl (C=O) groups is 1. The number of aryl methyl sites for hydroxylation is 2. The van der Waals surface area contributed by atoms with Crippen molar-refractivity contribution in [3.63, 3.8) is 0 Å². The summed E-state index contributed by atoms with van der Waals surface area (Å²) in [5.41, 5.74) is 4.38. The van der Waals surface area contributed by atoms with Crippen molar-refractivity contribution in [3.05, 3.63) is 96.4 Å². The molecule has 0 aliphatic rings. The molecule has 0 unspecified atom stereocenters. The summed E-state index contributed by atoms with van der Waals surface area (Å²) in [5.74, 6) is 0.00314. The highest BCUT2D eigenvalue weighted by atomic mass is 79.9. The normalized spacial score (nSPS) is 11.1. The molecule has 4 nitrogen and oxygen atoms in total. The van der Waals surface area contributed by atoms with Gasteiger partial charge in [-0.1, -0.05) is 45.7 Å². The molecule has 0 aromatic heterocycles. The molecule has 1 N–H and O–H groups in total. The topological polar surface area (TPSA) is 62.1 Å². The molecule has 0 spiro atoms. The van der Waals surface area contributed by atoms with Crippen LogP contribution in [0.1, 0.15) is 22.3 Å². The highest BCUT2D eigenvalue weighted by Crippen LogP contribution is 2.36. The summed E-state index contributed by atoms with van der Waals surface area (Å²) in [6.07, 6.45) is 1.49. The lowest BCUT2D eigenvalue weighted by molar-refractivity contribution is -0.112. The van der Waals surface area contributed by atoms with Gasteiger partial charge < -0.3 is 10.1 Å². The maximum absolute atomic E-state index is 12.6. The Hall–Kier alpha value is -2.59. The van der Waals surface area contributed by atoms with E-state index in [0.29, 0.717) is 33.1 Å². The highest BCUT2D eigenvalue weighted by molar-refractivity contribution is 9.10. The molecule has 1 amide bonds. The first-order valence-electron chi connectivity index (χ1n) is 9.63. The number of ether oxygens (including phenoxy) is 1. The molecule has 0 aliphatic carbocycles. The van der Waals surface area contributed by atoms with Crippen molar-refractivity contribution in [1.29, 1.82) is 5.26 Å². The van der Waals surface area contributed by atoms with Crippen LogP contribution in [-0.2, 0) is 11.4 Å². The van der Waals surface area contributed by atoms with Gasteiger partial charge in [-0.25, -0.2) is 0 Å². The van der Waals surface area contributed by atoms with E-state index >= 15 is 0 Å². The lowest BCUT2D eigenvalue weighted by Crippen LogP contribution is -2.13. The molecule has 0 radical (unpaired) electrons. The summed E-state index contributed by atoms with van der Waals surface area (Å²) in [4.78, 5) is 12.6. The molecule has 7 heteroatoms. The van der Waals surface area contributed by atoms with Crippen LogP contribution in [0.2, 0.25) is 5.02 Å². The maximum atomic E-state index is 12.6. The first-order valence-corrected chi connectivity index (χ1v) is 11.6. The summed E-state index contributed by atoms with van der Waals surface area (Å²) in [7, 11) is 0. The molecule has 3 rings (SSSR count). The number of nitrogens with one attached hydrogen (secondary N) is 1. The predicted octanol–water partition coefficient (Wildman–Crippen LogP) is 7.61. The van der Waals surface area contributed by atoms with Crippen molar-refractivity contribution < 1.29 is 9.53 Å². The van der Waals surface area contributed by atoms with Crippen LogP contribution in [0.15, 0.2) is 69.1 Å². The number of amides is 1. The molecule has 162 valence electrons. The quantitative estimate of drug-likeness (QED) is 0.244.